The molecule has 0 spiro atoms. The van der Waals surface area contributed by atoms with Crippen molar-refractivity contribution in [1.82, 2.24) is 25.2 Å². The van der Waals surface area contributed by atoms with Gasteiger partial charge in [0.2, 0.25) is 0 Å². The van der Waals surface area contributed by atoms with Crippen molar-refractivity contribution in [2.75, 3.05) is 0 Å². The van der Waals surface area contributed by atoms with Gasteiger partial charge in [0.05, 0.1) is 5.51 Å². The van der Waals surface area contributed by atoms with Gasteiger partial charge in [0.15, 0.2) is 5.82 Å². The zero-order valence-electron chi connectivity index (χ0n) is 5.26. The van der Waals surface area contributed by atoms with Crippen molar-refractivity contribution < 1.29 is 0 Å². The second-order valence-corrected chi connectivity index (χ2v) is 2.48. The third-order valence-electron chi connectivity index (χ3n) is 1.11. The van der Waals surface area contributed by atoms with E-state index in [2.05, 4.69) is 20.5 Å². The summed E-state index contributed by atoms with van der Waals surface area (Å²) in [4.78, 5) is 14.7. The van der Waals surface area contributed by atoms with Gasteiger partial charge in [-0.2, -0.15) is 0 Å². The Balaban J connectivity index is 2.62. The molecule has 0 amide bonds. The van der Waals surface area contributed by atoms with Crippen molar-refractivity contribution in [3.8, 4) is 5.82 Å². The van der Waals surface area contributed by atoms with Crippen LogP contribution in [0.5, 0.6) is 0 Å². The molecule has 2 aromatic heterocycles. The second-order valence-electron chi connectivity index (χ2n) is 1.76. The summed E-state index contributed by atoms with van der Waals surface area (Å²) in [6, 6.07) is 0. The van der Waals surface area contributed by atoms with E-state index in [0.29, 0.717) is 5.82 Å². The van der Waals surface area contributed by atoms with Crippen molar-refractivity contribution in [2.24, 2.45) is 0 Å². The van der Waals surface area contributed by atoms with Gasteiger partial charge in [0, 0.05) is 5.38 Å². The molecule has 7 heteroatoms. The van der Waals surface area contributed by atoms with E-state index >= 15 is 0 Å². The molecule has 0 radical (unpaired) electrons. The average Bonchev–Trinajstić information content (AvgIpc) is 2.55. The Labute approximate surface area is 64.5 Å². The highest BCUT2D eigenvalue weighted by atomic mass is 32.1. The second kappa shape index (κ2) is 2.27. The van der Waals surface area contributed by atoms with E-state index < -0.39 is 0 Å². The molecule has 0 saturated heterocycles. The number of hydrogen-bond acceptors (Lipinski definition) is 5. The van der Waals surface area contributed by atoms with Crippen LogP contribution < -0.4 is 5.69 Å². The molecule has 0 aliphatic rings. The van der Waals surface area contributed by atoms with Crippen LogP contribution in [0.2, 0.25) is 0 Å². The van der Waals surface area contributed by atoms with Crippen LogP contribution in [0.25, 0.3) is 5.82 Å². The van der Waals surface area contributed by atoms with E-state index in [1.165, 1.54) is 11.3 Å². The monoisotopic (exact) mass is 169 g/mol. The number of H-pyrrole nitrogens is 1. The SMILES string of the molecule is O=c1[nH]nnn1-c1cscn1. The van der Waals surface area contributed by atoms with E-state index in [1.54, 1.807) is 10.9 Å². The Morgan fingerprint density at radius 1 is 1.64 bits per heavy atom. The van der Waals surface area contributed by atoms with Crippen LogP contribution in [-0.2, 0) is 0 Å². The van der Waals surface area contributed by atoms with E-state index in [-0.39, 0.29) is 5.69 Å². The molecule has 11 heavy (non-hydrogen) atoms. The molecule has 0 aliphatic heterocycles. The first-order chi connectivity index (χ1) is 5.38. The molecule has 2 rings (SSSR count). The number of tetrazole rings is 1. The van der Waals surface area contributed by atoms with E-state index in [4.69, 9.17) is 0 Å². The van der Waals surface area contributed by atoms with Crippen LogP contribution in [0.15, 0.2) is 15.7 Å². The van der Waals surface area contributed by atoms with Crippen molar-refractivity contribution >= 4 is 11.3 Å². The van der Waals surface area contributed by atoms with Crippen molar-refractivity contribution in [3.05, 3.63) is 21.4 Å². The third kappa shape index (κ3) is 0.944. The summed E-state index contributed by atoms with van der Waals surface area (Å²) in [7, 11) is 0. The molecule has 1 N–H and O–H groups in total. The lowest BCUT2D eigenvalue weighted by molar-refractivity contribution is 0.765. The fourth-order valence-corrected chi connectivity index (χ4v) is 1.17. The Hall–Kier alpha value is -1.50. The first-order valence-corrected chi connectivity index (χ1v) is 3.71. The molecular weight excluding hydrogens is 166 g/mol. The number of nitrogens with zero attached hydrogens (tertiary/aromatic N) is 4. The summed E-state index contributed by atoms with van der Waals surface area (Å²) >= 11 is 1.39. The molecule has 0 bridgehead atoms. The fourth-order valence-electron chi connectivity index (χ4n) is 0.658. The smallest absolute Gasteiger partial charge is 0.244 e. The van der Waals surface area contributed by atoms with E-state index in [0.717, 1.165) is 4.68 Å². The van der Waals surface area contributed by atoms with E-state index in [9.17, 15) is 4.79 Å². The maximum Gasteiger partial charge on any atom is 0.367 e. The van der Waals surface area contributed by atoms with Gasteiger partial charge in [-0.15, -0.1) is 16.0 Å². The number of hydrogen-bond donors (Lipinski definition) is 1. The predicted octanol–water partition coefficient (Wildman–Crippen LogP) is -0.588. The topological polar surface area (TPSA) is 76.5 Å². The van der Waals surface area contributed by atoms with Gasteiger partial charge in [-0.3, -0.25) is 0 Å². The lowest BCUT2D eigenvalue weighted by Gasteiger charge is -1.85. The Morgan fingerprint density at radius 3 is 3.09 bits per heavy atom. The minimum Gasteiger partial charge on any atom is -0.244 e. The van der Waals surface area contributed by atoms with E-state index in [1.807, 2.05) is 0 Å². The molecule has 0 atom stereocenters. The molecule has 0 unspecified atom stereocenters. The zero-order valence-corrected chi connectivity index (χ0v) is 6.08. The largest absolute Gasteiger partial charge is 0.367 e. The molecular formula is C4H3N5OS. The summed E-state index contributed by atoms with van der Waals surface area (Å²) in [5.41, 5.74) is 1.24. The number of aromatic amines is 1. The normalized spacial score (nSPS) is 10.2. The first kappa shape index (κ1) is 6.23. The highest BCUT2D eigenvalue weighted by Gasteiger charge is 2.02. The van der Waals surface area contributed by atoms with Crippen molar-refractivity contribution in [1.29, 1.82) is 0 Å². The minimum absolute atomic E-state index is 0.379. The number of aromatic nitrogens is 5. The summed E-state index contributed by atoms with van der Waals surface area (Å²) < 4.78 is 1.09. The lowest BCUT2D eigenvalue weighted by atomic mass is 10.8. The maximum atomic E-state index is 10.9. The van der Waals surface area contributed by atoms with Gasteiger partial charge in [0.25, 0.3) is 0 Å². The van der Waals surface area contributed by atoms with Gasteiger partial charge in [0.1, 0.15) is 0 Å². The maximum absolute atomic E-state index is 10.9. The van der Waals surface area contributed by atoms with Crippen LogP contribution in [0.3, 0.4) is 0 Å². The third-order valence-corrected chi connectivity index (χ3v) is 1.68. The van der Waals surface area contributed by atoms with Gasteiger partial charge in [-0.1, -0.05) is 0 Å². The fraction of sp³-hybridized carbons (Fsp3) is 0. The van der Waals surface area contributed by atoms with Crippen molar-refractivity contribution in [3.63, 3.8) is 0 Å². The molecule has 0 saturated carbocycles. The van der Waals surface area contributed by atoms with Crippen LogP contribution in [0, 0.1) is 0 Å². The van der Waals surface area contributed by atoms with Crippen LogP contribution in [-0.4, -0.2) is 25.2 Å². The van der Waals surface area contributed by atoms with Gasteiger partial charge in [-0.25, -0.2) is 14.9 Å². The van der Waals surface area contributed by atoms with Gasteiger partial charge in [-0.05, 0) is 10.4 Å². The van der Waals surface area contributed by atoms with Gasteiger partial charge >= 0.3 is 5.69 Å². The molecule has 2 heterocycles. The molecule has 2 aromatic rings. The highest BCUT2D eigenvalue weighted by Crippen LogP contribution is 2.01. The minimum atomic E-state index is -0.379. The summed E-state index contributed by atoms with van der Waals surface area (Å²) in [5, 5.41) is 10.7. The predicted molar refractivity (Wildman–Crippen MR) is 37.7 cm³/mol. The molecule has 56 valence electrons. The average molecular weight is 169 g/mol. The number of nitrogens with one attached hydrogen (secondary N) is 1. The molecule has 0 fully saturated rings. The molecule has 6 nitrogen and oxygen atoms in total. The zero-order chi connectivity index (χ0) is 7.68. The van der Waals surface area contributed by atoms with Crippen LogP contribution >= 0.6 is 11.3 Å². The Bertz CT molecular complexity index is 387. The molecule has 0 aromatic carbocycles. The quantitative estimate of drug-likeness (QED) is 0.619. The first-order valence-electron chi connectivity index (χ1n) is 2.77. The standard InChI is InChI=1S/C4H3N5OS/c10-4-6-7-8-9(4)3-1-11-2-5-3/h1-2H,(H,6,8,10). The Kier molecular flexibility index (Phi) is 1.29. The summed E-state index contributed by atoms with van der Waals surface area (Å²) in [5.74, 6) is 0.494. The number of thiazole rings is 1. The lowest BCUT2D eigenvalue weighted by Crippen LogP contribution is -2.15. The highest BCUT2D eigenvalue weighted by molar-refractivity contribution is 7.07. The molecule has 0 aliphatic carbocycles. The van der Waals surface area contributed by atoms with Gasteiger partial charge < -0.3 is 0 Å². The van der Waals surface area contributed by atoms with Crippen LogP contribution in [0.1, 0.15) is 0 Å². The summed E-state index contributed by atoms with van der Waals surface area (Å²) in [6.45, 7) is 0. The van der Waals surface area contributed by atoms with Crippen molar-refractivity contribution in [2.45, 2.75) is 0 Å². The summed E-state index contributed by atoms with van der Waals surface area (Å²) in [6.07, 6.45) is 0. The Morgan fingerprint density at radius 2 is 2.55 bits per heavy atom. The van der Waals surface area contributed by atoms with Crippen LogP contribution in [0.4, 0.5) is 0 Å². The number of rotatable bonds is 1.